The van der Waals surface area contributed by atoms with Crippen molar-refractivity contribution in [2.75, 3.05) is 18.0 Å². The molecule has 0 aromatic carbocycles. The number of alkyl halides is 3. The molecule has 0 saturated carbocycles. The minimum absolute atomic E-state index is 0.0286. The molecule has 1 fully saturated rings. The first-order chi connectivity index (χ1) is 8.39. The predicted molar refractivity (Wildman–Crippen MR) is 57.6 cm³/mol. The van der Waals surface area contributed by atoms with E-state index in [0.717, 1.165) is 0 Å². The van der Waals surface area contributed by atoms with E-state index in [0.29, 0.717) is 0 Å². The molecule has 1 saturated heterocycles. The number of pyridine rings is 1. The van der Waals surface area contributed by atoms with Crippen LogP contribution in [-0.4, -0.2) is 35.3 Å². The lowest BCUT2D eigenvalue weighted by atomic mass is 10.1. The molecule has 1 atom stereocenters. The van der Waals surface area contributed by atoms with Gasteiger partial charge in [0.1, 0.15) is 11.4 Å². The Morgan fingerprint density at radius 2 is 2.22 bits per heavy atom. The van der Waals surface area contributed by atoms with Gasteiger partial charge in [0, 0.05) is 19.3 Å². The third-order valence-electron chi connectivity index (χ3n) is 2.97. The number of hydrogen-bond acceptors (Lipinski definition) is 3. The van der Waals surface area contributed by atoms with Gasteiger partial charge in [0.15, 0.2) is 0 Å². The number of nitrogens with zero attached hydrogens (tertiary/aromatic N) is 2. The molecule has 98 valence electrons. The maximum atomic E-state index is 12.5. The first-order valence-electron chi connectivity index (χ1n) is 5.39. The number of aromatic nitrogens is 1. The number of halogens is 3. The molecular formula is C11H11F3N2O2. The normalized spacial score (nSPS) is 20.2. The van der Waals surface area contributed by atoms with E-state index >= 15 is 0 Å². The highest BCUT2D eigenvalue weighted by Gasteiger charge is 2.44. The molecule has 4 nitrogen and oxygen atoms in total. The SMILES string of the molecule is O=C(O)c1cccnc1N1CCC(C(F)(F)F)C1. The van der Waals surface area contributed by atoms with Crippen LogP contribution in [0.5, 0.6) is 0 Å². The van der Waals surface area contributed by atoms with Gasteiger partial charge in [-0.25, -0.2) is 9.78 Å². The monoisotopic (exact) mass is 260 g/mol. The number of carboxylic acid groups (broad SMARTS) is 1. The molecule has 0 spiro atoms. The third-order valence-corrected chi connectivity index (χ3v) is 2.97. The number of anilines is 1. The second kappa shape index (κ2) is 4.47. The van der Waals surface area contributed by atoms with E-state index in [4.69, 9.17) is 5.11 Å². The van der Waals surface area contributed by atoms with E-state index in [1.54, 1.807) is 0 Å². The lowest BCUT2D eigenvalue weighted by molar-refractivity contribution is -0.168. The molecule has 1 aromatic heterocycles. The predicted octanol–water partition coefficient (Wildman–Crippen LogP) is 2.17. The summed E-state index contributed by atoms with van der Waals surface area (Å²) in [7, 11) is 0. The number of rotatable bonds is 2. The molecule has 1 unspecified atom stereocenters. The van der Waals surface area contributed by atoms with Crippen LogP contribution >= 0.6 is 0 Å². The first-order valence-corrected chi connectivity index (χ1v) is 5.39. The molecular weight excluding hydrogens is 249 g/mol. The molecule has 0 amide bonds. The van der Waals surface area contributed by atoms with Gasteiger partial charge >= 0.3 is 12.1 Å². The summed E-state index contributed by atoms with van der Waals surface area (Å²) < 4.78 is 37.6. The lowest BCUT2D eigenvalue weighted by Crippen LogP contribution is -2.28. The van der Waals surface area contributed by atoms with E-state index < -0.39 is 18.1 Å². The fourth-order valence-electron chi connectivity index (χ4n) is 2.04. The van der Waals surface area contributed by atoms with Crippen LogP contribution in [0.3, 0.4) is 0 Å². The standard InChI is InChI=1S/C11H11F3N2O2/c12-11(13,14)7-3-5-16(6-7)9-8(10(17)18)2-1-4-15-9/h1-2,4,7H,3,5-6H2,(H,17,18). The average molecular weight is 260 g/mol. The van der Waals surface area contributed by atoms with Crippen LogP contribution in [0.25, 0.3) is 0 Å². The molecule has 2 heterocycles. The fourth-order valence-corrected chi connectivity index (χ4v) is 2.04. The lowest BCUT2D eigenvalue weighted by Gasteiger charge is -2.20. The summed E-state index contributed by atoms with van der Waals surface area (Å²) in [6, 6.07) is 2.79. The van der Waals surface area contributed by atoms with E-state index in [-0.39, 0.29) is 30.9 Å². The molecule has 18 heavy (non-hydrogen) atoms. The Kier molecular flexibility index (Phi) is 3.14. The van der Waals surface area contributed by atoms with Crippen LogP contribution in [0, 0.1) is 5.92 Å². The highest BCUT2D eigenvalue weighted by molar-refractivity contribution is 5.93. The maximum Gasteiger partial charge on any atom is 0.393 e. The summed E-state index contributed by atoms with van der Waals surface area (Å²) in [4.78, 5) is 16.2. The average Bonchev–Trinajstić information content (AvgIpc) is 2.77. The van der Waals surface area contributed by atoms with Gasteiger partial charge in [0.05, 0.1) is 5.92 Å². The van der Waals surface area contributed by atoms with Crippen molar-refractivity contribution in [1.29, 1.82) is 0 Å². The van der Waals surface area contributed by atoms with Gasteiger partial charge in [-0.2, -0.15) is 13.2 Å². The zero-order chi connectivity index (χ0) is 13.3. The van der Waals surface area contributed by atoms with Crippen LogP contribution in [0.1, 0.15) is 16.8 Å². The van der Waals surface area contributed by atoms with Crippen LogP contribution in [-0.2, 0) is 0 Å². The maximum absolute atomic E-state index is 12.5. The minimum atomic E-state index is -4.24. The van der Waals surface area contributed by atoms with Crippen molar-refractivity contribution in [1.82, 2.24) is 4.98 Å². The summed E-state index contributed by atoms with van der Waals surface area (Å²) in [6.07, 6.45) is -2.89. The van der Waals surface area contributed by atoms with Crippen LogP contribution in [0.15, 0.2) is 18.3 Å². The van der Waals surface area contributed by atoms with Crippen molar-refractivity contribution in [2.24, 2.45) is 5.92 Å². The molecule has 1 aromatic rings. The smallest absolute Gasteiger partial charge is 0.393 e. The number of carbonyl (C=O) groups is 1. The van der Waals surface area contributed by atoms with Gasteiger partial charge in [0.25, 0.3) is 0 Å². The topological polar surface area (TPSA) is 53.4 Å². The molecule has 1 aliphatic heterocycles. The van der Waals surface area contributed by atoms with E-state index in [1.165, 1.54) is 23.2 Å². The molecule has 7 heteroatoms. The summed E-state index contributed by atoms with van der Waals surface area (Å²) in [5.74, 6) is -2.49. The molecule has 2 rings (SSSR count). The van der Waals surface area contributed by atoms with Gasteiger partial charge in [-0.3, -0.25) is 0 Å². The molecule has 0 aliphatic carbocycles. The van der Waals surface area contributed by atoms with Crippen molar-refractivity contribution < 1.29 is 23.1 Å². The highest BCUT2D eigenvalue weighted by Crippen LogP contribution is 2.35. The van der Waals surface area contributed by atoms with E-state index in [1.807, 2.05) is 0 Å². The zero-order valence-electron chi connectivity index (χ0n) is 9.31. The summed E-state index contributed by atoms with van der Waals surface area (Å²) in [6.45, 7) is -0.0672. The summed E-state index contributed by atoms with van der Waals surface area (Å²) in [5.41, 5.74) is -0.0691. The fraction of sp³-hybridized carbons (Fsp3) is 0.455. The van der Waals surface area contributed by atoms with Crippen molar-refractivity contribution in [2.45, 2.75) is 12.6 Å². The van der Waals surface area contributed by atoms with Crippen molar-refractivity contribution in [3.05, 3.63) is 23.9 Å². The third kappa shape index (κ3) is 2.39. The van der Waals surface area contributed by atoms with Crippen LogP contribution in [0.4, 0.5) is 19.0 Å². The van der Waals surface area contributed by atoms with E-state index in [2.05, 4.69) is 4.98 Å². The minimum Gasteiger partial charge on any atom is -0.478 e. The number of carboxylic acids is 1. The Hall–Kier alpha value is -1.79. The Labute approximate surface area is 101 Å². The van der Waals surface area contributed by atoms with E-state index in [9.17, 15) is 18.0 Å². The van der Waals surface area contributed by atoms with Crippen molar-refractivity contribution in [3.63, 3.8) is 0 Å². The molecule has 1 N–H and O–H groups in total. The molecule has 0 radical (unpaired) electrons. The summed E-state index contributed by atoms with van der Waals surface area (Å²) >= 11 is 0. The molecule has 0 bridgehead atoms. The Morgan fingerprint density at radius 1 is 1.50 bits per heavy atom. The van der Waals surface area contributed by atoms with Gasteiger partial charge in [0.2, 0.25) is 0 Å². The largest absolute Gasteiger partial charge is 0.478 e. The quantitative estimate of drug-likeness (QED) is 0.885. The highest BCUT2D eigenvalue weighted by atomic mass is 19.4. The zero-order valence-corrected chi connectivity index (χ0v) is 9.31. The Balaban J connectivity index is 2.22. The first kappa shape index (κ1) is 12.7. The van der Waals surface area contributed by atoms with Crippen LogP contribution in [0.2, 0.25) is 0 Å². The summed E-state index contributed by atoms with van der Waals surface area (Å²) in [5, 5.41) is 8.96. The van der Waals surface area contributed by atoms with Gasteiger partial charge < -0.3 is 10.0 Å². The van der Waals surface area contributed by atoms with Gasteiger partial charge in [-0.1, -0.05) is 0 Å². The number of aromatic carboxylic acids is 1. The second-order valence-corrected chi connectivity index (χ2v) is 4.15. The van der Waals surface area contributed by atoms with Crippen molar-refractivity contribution >= 4 is 11.8 Å². The van der Waals surface area contributed by atoms with Crippen molar-refractivity contribution in [3.8, 4) is 0 Å². The van der Waals surface area contributed by atoms with Crippen LogP contribution < -0.4 is 4.90 Å². The second-order valence-electron chi connectivity index (χ2n) is 4.15. The Bertz CT molecular complexity index is 462. The number of hydrogen-bond donors (Lipinski definition) is 1. The van der Waals surface area contributed by atoms with Gasteiger partial charge in [-0.05, 0) is 18.6 Å². The Morgan fingerprint density at radius 3 is 2.78 bits per heavy atom. The molecule has 1 aliphatic rings. The van der Waals surface area contributed by atoms with Gasteiger partial charge in [-0.15, -0.1) is 0 Å².